The number of rotatable bonds is 5. The average molecular weight is 293 g/mol. The van der Waals surface area contributed by atoms with Crippen LogP contribution in [0.15, 0.2) is 40.9 Å². The van der Waals surface area contributed by atoms with Crippen molar-refractivity contribution < 1.29 is 4.79 Å². The van der Waals surface area contributed by atoms with E-state index in [1.165, 1.54) is 16.6 Å². The molecule has 0 radical (unpaired) electrons. The standard InChI is InChI=1S/C13H15N3OS2/c1-16(8-10-4-3-7-18-10)12(17)9-19-13-11(14)5-2-6-15-13/h2-7H,8-9,14H2,1H3. The maximum absolute atomic E-state index is 12.0. The second kappa shape index (κ2) is 6.58. The maximum atomic E-state index is 12.0. The predicted molar refractivity (Wildman–Crippen MR) is 80.2 cm³/mol. The molecule has 0 aliphatic rings. The van der Waals surface area contributed by atoms with Crippen LogP contribution in [0.2, 0.25) is 0 Å². The summed E-state index contributed by atoms with van der Waals surface area (Å²) in [5, 5.41) is 2.72. The number of carbonyl (C=O) groups excluding carboxylic acids is 1. The zero-order chi connectivity index (χ0) is 13.7. The van der Waals surface area contributed by atoms with Gasteiger partial charge in [0, 0.05) is 18.1 Å². The van der Waals surface area contributed by atoms with Gasteiger partial charge in [-0.25, -0.2) is 4.98 Å². The Morgan fingerprint density at radius 3 is 3.00 bits per heavy atom. The van der Waals surface area contributed by atoms with Crippen LogP contribution in [0.1, 0.15) is 4.88 Å². The van der Waals surface area contributed by atoms with Gasteiger partial charge in [0.1, 0.15) is 5.03 Å². The van der Waals surface area contributed by atoms with Crippen molar-refractivity contribution in [1.82, 2.24) is 9.88 Å². The first-order chi connectivity index (χ1) is 9.16. The fourth-order valence-electron chi connectivity index (χ4n) is 1.49. The number of anilines is 1. The number of amides is 1. The van der Waals surface area contributed by atoms with Gasteiger partial charge in [0.25, 0.3) is 0 Å². The van der Waals surface area contributed by atoms with Crippen LogP contribution in [-0.4, -0.2) is 28.6 Å². The highest BCUT2D eigenvalue weighted by Gasteiger charge is 2.11. The Kier molecular flexibility index (Phi) is 4.81. The summed E-state index contributed by atoms with van der Waals surface area (Å²) in [6.07, 6.45) is 1.68. The van der Waals surface area contributed by atoms with Crippen molar-refractivity contribution in [3.63, 3.8) is 0 Å². The molecule has 4 nitrogen and oxygen atoms in total. The van der Waals surface area contributed by atoms with Crippen LogP contribution in [0.5, 0.6) is 0 Å². The van der Waals surface area contributed by atoms with Gasteiger partial charge >= 0.3 is 0 Å². The van der Waals surface area contributed by atoms with E-state index in [0.717, 1.165) is 0 Å². The molecule has 0 spiro atoms. The molecule has 0 aromatic carbocycles. The maximum Gasteiger partial charge on any atom is 0.233 e. The van der Waals surface area contributed by atoms with Gasteiger partial charge in [-0.15, -0.1) is 11.3 Å². The molecule has 0 saturated carbocycles. The van der Waals surface area contributed by atoms with E-state index in [1.54, 1.807) is 34.6 Å². The van der Waals surface area contributed by atoms with Gasteiger partial charge in [0.15, 0.2) is 0 Å². The summed E-state index contributed by atoms with van der Waals surface area (Å²) < 4.78 is 0. The first kappa shape index (κ1) is 13.9. The number of hydrogen-bond donors (Lipinski definition) is 1. The Balaban J connectivity index is 1.86. The van der Waals surface area contributed by atoms with E-state index in [4.69, 9.17) is 5.73 Å². The molecule has 1 amide bonds. The Morgan fingerprint density at radius 1 is 1.47 bits per heavy atom. The van der Waals surface area contributed by atoms with Gasteiger partial charge < -0.3 is 10.6 Å². The number of nitrogens with two attached hydrogens (primary N) is 1. The number of aromatic nitrogens is 1. The van der Waals surface area contributed by atoms with Crippen LogP contribution < -0.4 is 5.73 Å². The second-order valence-corrected chi connectivity index (χ2v) is 6.01. The van der Waals surface area contributed by atoms with Crippen LogP contribution in [0.4, 0.5) is 5.69 Å². The third kappa shape index (κ3) is 3.97. The van der Waals surface area contributed by atoms with Crippen LogP contribution in [0.3, 0.4) is 0 Å². The van der Waals surface area contributed by atoms with Crippen molar-refractivity contribution in [2.45, 2.75) is 11.6 Å². The molecule has 2 rings (SSSR count). The minimum atomic E-state index is 0.0726. The molecule has 2 aromatic rings. The van der Waals surface area contributed by atoms with E-state index >= 15 is 0 Å². The molecule has 0 atom stereocenters. The largest absolute Gasteiger partial charge is 0.397 e. The molecular weight excluding hydrogens is 278 g/mol. The summed E-state index contributed by atoms with van der Waals surface area (Å²) in [4.78, 5) is 19.0. The number of thioether (sulfide) groups is 1. The van der Waals surface area contributed by atoms with Crippen LogP contribution >= 0.6 is 23.1 Å². The Bertz CT molecular complexity index is 543. The highest BCUT2D eigenvalue weighted by atomic mass is 32.2. The summed E-state index contributed by atoms with van der Waals surface area (Å²) in [7, 11) is 1.81. The quantitative estimate of drug-likeness (QED) is 0.860. The molecule has 2 heterocycles. The molecule has 0 unspecified atom stereocenters. The number of nitrogens with zero attached hydrogens (tertiary/aromatic N) is 2. The van der Waals surface area contributed by atoms with E-state index in [1.807, 2.05) is 24.6 Å². The van der Waals surface area contributed by atoms with E-state index in [2.05, 4.69) is 4.98 Å². The minimum Gasteiger partial charge on any atom is -0.397 e. The number of pyridine rings is 1. The molecule has 2 N–H and O–H groups in total. The van der Waals surface area contributed by atoms with Crippen molar-refractivity contribution in [2.24, 2.45) is 0 Å². The van der Waals surface area contributed by atoms with Crippen LogP contribution in [-0.2, 0) is 11.3 Å². The van der Waals surface area contributed by atoms with Crippen molar-refractivity contribution >= 4 is 34.7 Å². The van der Waals surface area contributed by atoms with E-state index < -0.39 is 0 Å². The molecular formula is C13H15N3OS2. The van der Waals surface area contributed by atoms with Crippen molar-refractivity contribution in [1.29, 1.82) is 0 Å². The molecule has 6 heteroatoms. The first-order valence-electron chi connectivity index (χ1n) is 5.76. The summed E-state index contributed by atoms with van der Waals surface area (Å²) in [5.41, 5.74) is 6.40. The number of hydrogen-bond acceptors (Lipinski definition) is 5. The predicted octanol–water partition coefficient (Wildman–Crippen LogP) is 2.48. The number of carbonyl (C=O) groups is 1. The van der Waals surface area contributed by atoms with Crippen LogP contribution in [0, 0.1) is 0 Å². The van der Waals surface area contributed by atoms with E-state index in [9.17, 15) is 4.79 Å². The van der Waals surface area contributed by atoms with Gasteiger partial charge in [-0.2, -0.15) is 0 Å². The van der Waals surface area contributed by atoms with Gasteiger partial charge in [-0.3, -0.25) is 4.79 Å². The molecule has 0 bridgehead atoms. The third-order valence-corrected chi connectivity index (χ3v) is 4.40. The smallest absolute Gasteiger partial charge is 0.233 e. The van der Waals surface area contributed by atoms with Crippen molar-refractivity contribution in [3.05, 3.63) is 40.7 Å². The summed E-state index contributed by atoms with van der Waals surface area (Å²) >= 11 is 3.02. The first-order valence-corrected chi connectivity index (χ1v) is 7.63. The summed E-state index contributed by atoms with van der Waals surface area (Å²) in [6, 6.07) is 7.58. The minimum absolute atomic E-state index is 0.0726. The van der Waals surface area contributed by atoms with E-state index in [0.29, 0.717) is 23.0 Å². The second-order valence-electron chi connectivity index (χ2n) is 4.02. The monoisotopic (exact) mass is 293 g/mol. The Morgan fingerprint density at radius 2 is 2.32 bits per heavy atom. The average Bonchev–Trinajstić information content (AvgIpc) is 2.90. The lowest BCUT2D eigenvalue weighted by Gasteiger charge is -2.15. The molecule has 2 aromatic heterocycles. The lowest BCUT2D eigenvalue weighted by atomic mass is 10.4. The highest BCUT2D eigenvalue weighted by molar-refractivity contribution is 8.00. The normalized spacial score (nSPS) is 10.4. The van der Waals surface area contributed by atoms with Crippen molar-refractivity contribution in [2.75, 3.05) is 18.5 Å². The highest BCUT2D eigenvalue weighted by Crippen LogP contribution is 2.22. The van der Waals surface area contributed by atoms with Gasteiger partial charge in [-0.1, -0.05) is 17.8 Å². The van der Waals surface area contributed by atoms with Gasteiger partial charge in [0.2, 0.25) is 5.91 Å². The zero-order valence-corrected chi connectivity index (χ0v) is 12.2. The Hall–Kier alpha value is -1.53. The lowest BCUT2D eigenvalue weighted by molar-refractivity contribution is -0.127. The lowest BCUT2D eigenvalue weighted by Crippen LogP contribution is -2.27. The molecule has 0 aliphatic heterocycles. The van der Waals surface area contributed by atoms with Crippen LogP contribution in [0.25, 0.3) is 0 Å². The summed E-state index contributed by atoms with van der Waals surface area (Å²) in [5.74, 6) is 0.423. The fourth-order valence-corrected chi connectivity index (χ4v) is 3.10. The number of nitrogen functional groups attached to an aromatic ring is 1. The molecule has 0 fully saturated rings. The summed E-state index contributed by atoms with van der Waals surface area (Å²) in [6.45, 7) is 0.648. The van der Waals surface area contributed by atoms with Crippen molar-refractivity contribution in [3.8, 4) is 0 Å². The fraction of sp³-hybridized carbons (Fsp3) is 0.231. The SMILES string of the molecule is CN(Cc1cccs1)C(=O)CSc1ncccc1N. The molecule has 0 saturated heterocycles. The van der Waals surface area contributed by atoms with E-state index in [-0.39, 0.29) is 5.91 Å². The zero-order valence-electron chi connectivity index (χ0n) is 10.6. The third-order valence-electron chi connectivity index (χ3n) is 2.53. The topological polar surface area (TPSA) is 59.2 Å². The molecule has 100 valence electrons. The number of thiophene rings is 1. The van der Waals surface area contributed by atoms with Gasteiger partial charge in [-0.05, 0) is 23.6 Å². The van der Waals surface area contributed by atoms with Gasteiger partial charge in [0.05, 0.1) is 18.0 Å². The molecule has 19 heavy (non-hydrogen) atoms. The molecule has 0 aliphatic carbocycles. The Labute approximate surface area is 120 Å².